The Hall–Kier alpha value is -9.96. The number of nitrogens with zero attached hydrogens (tertiary/aromatic N) is 5. The van der Waals surface area contributed by atoms with Crippen molar-refractivity contribution < 1.29 is 124 Å². The molecule has 9 fully saturated rings. The van der Waals surface area contributed by atoms with Gasteiger partial charge in [-0.3, -0.25) is 62.9 Å². The Bertz CT molecular complexity index is 5500. The summed E-state index contributed by atoms with van der Waals surface area (Å²) in [7, 11) is -0.219. The van der Waals surface area contributed by atoms with Crippen LogP contribution < -0.4 is 27.8 Å². The van der Waals surface area contributed by atoms with Crippen LogP contribution in [0.4, 0.5) is 0 Å². The molecule has 4 aromatic rings. The molecule has 0 aromatic heterocycles. The highest BCUT2D eigenvalue weighted by molar-refractivity contribution is 9.10. The Labute approximate surface area is 882 Å². The van der Waals surface area contributed by atoms with Crippen LogP contribution in [0.2, 0.25) is 0 Å². The number of hydrogen-bond donors (Lipinski definition) is 5. The maximum absolute atomic E-state index is 13.0. The maximum Gasteiger partial charge on any atom is 0.490 e. The van der Waals surface area contributed by atoms with Gasteiger partial charge in [-0.05, 0) is 283 Å². The van der Waals surface area contributed by atoms with Crippen molar-refractivity contribution in [2.45, 2.75) is 372 Å². The number of fused-ring (bicyclic) bond motifs is 4. The zero-order valence-corrected chi connectivity index (χ0v) is 89.8. The number of carbonyl (C=O) groups is 12. The summed E-state index contributed by atoms with van der Waals surface area (Å²) in [5, 5.41) is 13.6. The monoisotopic (exact) mass is 2140 g/mol. The number of nitrogens with two attached hydrogens (primary N) is 4. The number of rotatable bonds is 20. The van der Waals surface area contributed by atoms with E-state index in [1.165, 1.54) is 56.6 Å². The van der Waals surface area contributed by atoms with E-state index in [4.69, 9.17) is 88.6 Å². The van der Waals surface area contributed by atoms with Crippen LogP contribution in [0.1, 0.15) is 351 Å². The van der Waals surface area contributed by atoms with Gasteiger partial charge < -0.3 is 103 Å². The molecule has 4 aromatic carbocycles. The summed E-state index contributed by atoms with van der Waals surface area (Å²) in [4.78, 5) is 153. The molecule has 148 heavy (non-hydrogen) atoms. The van der Waals surface area contributed by atoms with Gasteiger partial charge in [0.2, 0.25) is 29.5 Å². The number of nitrogens with one attached hydrogen (secondary N) is 1. The third-order valence-electron chi connectivity index (χ3n) is 28.9. The number of amides is 9. The third-order valence-corrected chi connectivity index (χ3v) is 29.4. The quantitative estimate of drug-likeness (QED) is 0.0180. The molecule has 11 heterocycles. The number of imide groups is 1. The molecule has 39 heteroatoms. The zero-order chi connectivity index (χ0) is 107. The standard InChI is InChI=1S/C25H34N2O6.C25H32N2O6.C21H24N2O5.C17H21BrN2O4.C14H23BO4.C4H8O.C2H3N.CH4.ClH2N/c2*1-24(2,3)33-21(28)7-6-20(22(26)29)27-15-18-14-17(4-5-19(18)23(27)30)16-8-10-25(11-9-16)31-12-13-32-25;24-18-4-3-17(19(25)22-18)23-12-15-11-14(1-2-16(15)20(23)26)13-5-7-21(8-6-13)27-9-10-28-21;1-17(2,3)24-14(21)7-6-13(15(19)22)20-9-10-8-11(18)4-5-12(10)16(20)23;1-12(2)13(3,4)19-15(18-12)11-5-7-14(8-6-11)16-9-10-17-14;1-2-4-5-3-1;1-2-3;;1-2/h4-5,14,16,20H,6-13,15H2,1-3H3,(H2,26,29);4-5,8,14,20H,6-7,9-13,15H2,1-3H3,(H2,26,29);1-2,11,13,17H,3-10,12H2,(H,22,24,25);4-5,8,13H,6-7,9H2,1-3H3,(H2,19,22);5H,6-10H2,1-4H3;1-4H2;1H3;1H4;2H2/t2*20-;17-;13-;;;;;/m0000...../s1. The number of hydrogen-bond acceptors (Lipinski definition) is 28. The van der Waals surface area contributed by atoms with Crippen LogP contribution in [-0.2, 0) is 131 Å². The largest absolute Gasteiger partial charge is 0.490 e. The molecule has 0 radical (unpaired) electrons. The van der Waals surface area contributed by atoms with Crippen LogP contribution in [-0.4, -0.2) is 239 Å². The summed E-state index contributed by atoms with van der Waals surface area (Å²) < 4.78 is 80.2. The zero-order valence-electron chi connectivity index (χ0n) is 87.4. The number of nitriles is 1. The Kier molecular flexibility index (Phi) is 40.8. The molecule has 0 unspecified atom stereocenters. The first-order chi connectivity index (χ1) is 69.5. The summed E-state index contributed by atoms with van der Waals surface area (Å²) in [5.74, 6) is -5.37. The van der Waals surface area contributed by atoms with Gasteiger partial charge in [0.25, 0.3) is 23.6 Å². The highest BCUT2D eigenvalue weighted by Gasteiger charge is 2.55. The van der Waals surface area contributed by atoms with Crippen LogP contribution in [0.25, 0.3) is 5.57 Å². The molecule has 36 nitrogen and oxygen atoms in total. The number of ether oxygens (including phenoxy) is 12. The minimum Gasteiger partial charge on any atom is -0.460 e. The first kappa shape index (κ1) is 118. The summed E-state index contributed by atoms with van der Waals surface area (Å²) in [6, 6.07) is 21.7. The fourth-order valence-corrected chi connectivity index (χ4v) is 21.3. The lowest BCUT2D eigenvalue weighted by molar-refractivity contribution is -0.179. The van der Waals surface area contributed by atoms with Crippen LogP contribution in [0, 0.1) is 11.3 Å². The van der Waals surface area contributed by atoms with Gasteiger partial charge in [0.1, 0.15) is 41.0 Å². The fourth-order valence-electron chi connectivity index (χ4n) is 20.9. The molecule has 4 spiro atoms. The van der Waals surface area contributed by atoms with Crippen molar-refractivity contribution in [3.63, 3.8) is 0 Å². The number of esters is 3. The van der Waals surface area contributed by atoms with E-state index in [2.05, 4.69) is 90.3 Å². The highest BCUT2D eigenvalue weighted by atomic mass is 79.9. The summed E-state index contributed by atoms with van der Waals surface area (Å²) in [6.45, 7) is 34.5. The lowest BCUT2D eigenvalue weighted by Gasteiger charge is -2.35. The molecule has 11 aliphatic heterocycles. The topological polar surface area (TPSA) is 487 Å². The molecule has 15 aliphatic rings. The van der Waals surface area contributed by atoms with Crippen molar-refractivity contribution in [1.82, 2.24) is 24.9 Å². The van der Waals surface area contributed by atoms with Crippen molar-refractivity contribution in [2.24, 2.45) is 22.5 Å². The van der Waals surface area contributed by atoms with E-state index in [1.807, 2.05) is 48.5 Å². The second-order valence-corrected chi connectivity index (χ2v) is 44.3. The van der Waals surface area contributed by atoms with Gasteiger partial charge in [0, 0.05) is 150 Å². The first-order valence-corrected chi connectivity index (χ1v) is 52.5. The van der Waals surface area contributed by atoms with E-state index in [0.717, 1.165) is 129 Å². The number of benzene rings is 4. The molecule has 9 N–H and O–H groups in total. The lowest BCUT2D eigenvalue weighted by atomic mass is 9.71. The van der Waals surface area contributed by atoms with Crippen molar-refractivity contribution in [3.05, 3.63) is 156 Å². The summed E-state index contributed by atoms with van der Waals surface area (Å²) >= 11 is 7.50. The molecular weight excluding hydrogens is 1990 g/mol. The van der Waals surface area contributed by atoms with E-state index in [1.54, 1.807) is 85.4 Å². The minimum absolute atomic E-state index is 0. The Balaban J connectivity index is 0.000000173. The molecule has 810 valence electrons. The second kappa shape index (κ2) is 51.0. The van der Waals surface area contributed by atoms with Gasteiger partial charge in [-0.2, -0.15) is 5.26 Å². The first-order valence-electron chi connectivity index (χ1n) is 51.3. The molecular formula is C109H151BBrClN10O26. The van der Waals surface area contributed by atoms with Gasteiger partial charge >= 0.3 is 25.0 Å². The van der Waals surface area contributed by atoms with Crippen molar-refractivity contribution in [1.29, 1.82) is 5.26 Å². The second-order valence-electron chi connectivity index (χ2n) is 43.4. The number of piperidine rings is 1. The van der Waals surface area contributed by atoms with Crippen molar-refractivity contribution in [2.75, 3.05) is 66.1 Å². The van der Waals surface area contributed by atoms with Crippen LogP contribution >= 0.6 is 27.7 Å². The van der Waals surface area contributed by atoms with Crippen LogP contribution in [0.5, 0.6) is 0 Å². The average molecular weight is 2140 g/mol. The van der Waals surface area contributed by atoms with Gasteiger partial charge in [-0.15, -0.1) is 0 Å². The number of allylic oxidation sites excluding steroid dienone is 2. The molecule has 2 saturated carbocycles. The molecule has 19 rings (SSSR count). The Morgan fingerprint density at radius 2 is 0.824 bits per heavy atom. The van der Waals surface area contributed by atoms with Gasteiger partial charge in [-0.25, -0.2) is 5.25 Å². The SMILES string of the molecule is C.C1CCOC1.CC#N.CC(C)(C)OC(=O)CC[C@@H](C(N)=O)N1Cc2cc(Br)ccc2C1=O.CC(C)(C)OC(=O)CC[C@@H](C(N)=O)N1Cc2cc(C3=CCC4(CC3)OCCO4)ccc2C1=O.CC(C)(C)OC(=O)CC[C@@H](C(N)=O)N1Cc2cc(C3CCC4(CC3)OCCO4)ccc2C1=O.CC1(C)OB(C2=CCC3(CC2)OCCO3)OC1(C)C.NCl.O=C1CC[C@H](N2Cc3cc(C4CCC5(CC4)OCCO5)ccc3C2=O)C(=O)N1. The van der Waals surface area contributed by atoms with Gasteiger partial charge in [0.15, 0.2) is 23.1 Å². The smallest absolute Gasteiger partial charge is 0.460 e. The Morgan fingerprint density at radius 3 is 1.18 bits per heavy atom. The maximum atomic E-state index is 13.0. The number of carbonyl (C=O) groups excluding carboxylic acids is 12. The summed E-state index contributed by atoms with van der Waals surface area (Å²) in [5.41, 5.74) is 26.2. The van der Waals surface area contributed by atoms with E-state index in [-0.39, 0.29) is 124 Å². The normalized spacial score (nSPS) is 22.3. The van der Waals surface area contributed by atoms with E-state index in [0.29, 0.717) is 119 Å². The highest BCUT2D eigenvalue weighted by Crippen LogP contribution is 2.49. The van der Waals surface area contributed by atoms with E-state index in [9.17, 15) is 57.5 Å². The van der Waals surface area contributed by atoms with Crippen LogP contribution in [0.3, 0.4) is 0 Å². The van der Waals surface area contributed by atoms with Crippen molar-refractivity contribution >= 4 is 111 Å². The average Bonchev–Trinajstić information content (AvgIpc) is 1.63. The number of primary amides is 3. The molecule has 4 aliphatic carbocycles. The van der Waals surface area contributed by atoms with E-state index >= 15 is 0 Å². The molecule has 7 saturated heterocycles. The van der Waals surface area contributed by atoms with Gasteiger partial charge in [0.05, 0.1) is 70.1 Å². The Morgan fingerprint density at radius 1 is 0.473 bits per heavy atom. The van der Waals surface area contributed by atoms with Crippen molar-refractivity contribution in [3.8, 4) is 6.07 Å². The summed E-state index contributed by atoms with van der Waals surface area (Å²) in [6.07, 6.45) is 20.4. The molecule has 4 atom stereocenters. The van der Waals surface area contributed by atoms with Gasteiger partial charge in [-0.1, -0.05) is 65.8 Å². The van der Waals surface area contributed by atoms with Crippen LogP contribution in [0.15, 0.2) is 94.9 Å². The lowest BCUT2D eigenvalue weighted by Crippen LogP contribution is -2.52. The fraction of sp³-hybridized carbons (Fsp3) is 0.624. The molecule has 9 amide bonds. The van der Waals surface area contributed by atoms with E-state index < -0.39 is 88.2 Å². The predicted molar refractivity (Wildman–Crippen MR) is 552 cm³/mol. The minimum atomic E-state index is -0.869. The number of halogens is 2. The molecule has 0 bridgehead atoms. The third kappa shape index (κ3) is 30.5. The predicted octanol–water partition coefficient (Wildman–Crippen LogP) is 14.7.